The second-order valence-corrected chi connectivity index (χ2v) is 15.0. The van der Waals surface area contributed by atoms with Crippen molar-refractivity contribution in [3.8, 4) is 11.5 Å². The number of ether oxygens (including phenoxy) is 1. The Morgan fingerprint density at radius 2 is 1.10 bits per heavy atom. The van der Waals surface area contributed by atoms with Crippen LogP contribution in [-0.2, 0) is 17.8 Å². The third-order valence-corrected chi connectivity index (χ3v) is 9.34. The number of aliphatic hydroxyl groups excluding tert-OH is 1. The summed E-state index contributed by atoms with van der Waals surface area (Å²) in [6.07, 6.45) is 3.34. The molecule has 0 bridgehead atoms. The van der Waals surface area contributed by atoms with E-state index in [-0.39, 0.29) is 22.9 Å². The van der Waals surface area contributed by atoms with E-state index in [9.17, 15) is 9.90 Å². The Morgan fingerprint density at radius 3 is 1.51 bits per heavy atom. The van der Waals surface area contributed by atoms with Crippen LogP contribution < -0.4 is 0 Å². The Bertz CT molecular complexity index is 1710. The number of carboxylic acid groups (broad SMARTS) is 1. The molecule has 0 aliphatic carbocycles. The number of aliphatic hydroxyl groups is 1. The van der Waals surface area contributed by atoms with Crippen LogP contribution in [0.4, 0.5) is 0 Å². The molecule has 0 atom stereocenters. The number of rotatable bonds is 4. The number of halogens is 6. The summed E-state index contributed by atoms with van der Waals surface area (Å²) in [6, 6.07) is 32.3. The normalized spacial score (nSPS) is 11.2. The van der Waals surface area contributed by atoms with Crippen LogP contribution in [0.1, 0.15) is 39.9 Å². The van der Waals surface area contributed by atoms with Crippen molar-refractivity contribution in [1.29, 1.82) is 0 Å². The summed E-state index contributed by atoms with van der Waals surface area (Å²) in [5, 5.41) is 36.9. The van der Waals surface area contributed by atoms with E-state index in [1.54, 1.807) is 54.6 Å². The number of aromatic carboxylic acids is 1. The molecular weight excluding hydrogens is 1030 g/mol. The van der Waals surface area contributed by atoms with E-state index < -0.39 is 5.97 Å². The molecule has 1 aliphatic heterocycles. The topological polar surface area (TPSA) is 107 Å². The molecule has 12 heteroatoms. The van der Waals surface area contributed by atoms with Gasteiger partial charge in [0, 0.05) is 34.0 Å². The van der Waals surface area contributed by atoms with Crippen molar-refractivity contribution in [2.45, 2.75) is 25.9 Å². The fraction of sp³-hybridized carbons (Fsp3) is 0.162. The van der Waals surface area contributed by atoms with Crippen molar-refractivity contribution in [1.82, 2.24) is 0 Å². The molecule has 0 spiro atoms. The second-order valence-electron chi connectivity index (χ2n) is 10.1. The highest BCUT2D eigenvalue weighted by molar-refractivity contribution is 14.1. The van der Waals surface area contributed by atoms with Crippen LogP contribution in [0.3, 0.4) is 0 Å². The number of phenols is 2. The highest BCUT2D eigenvalue weighted by Crippen LogP contribution is 2.23. The van der Waals surface area contributed by atoms with Crippen LogP contribution in [0.25, 0.3) is 0 Å². The molecule has 4 N–H and O–H groups in total. The summed E-state index contributed by atoms with van der Waals surface area (Å²) in [7, 11) is 0. The molecule has 0 aromatic heterocycles. The lowest BCUT2D eigenvalue weighted by Gasteiger charge is -2.05. The van der Waals surface area contributed by atoms with Crippen LogP contribution in [0.2, 0.25) is 15.1 Å². The minimum atomic E-state index is -0.992. The maximum absolute atomic E-state index is 10.5. The number of benzene rings is 5. The predicted octanol–water partition coefficient (Wildman–Crippen LogP) is 11.5. The van der Waals surface area contributed by atoms with Gasteiger partial charge in [0.05, 0.1) is 17.2 Å². The summed E-state index contributed by atoms with van der Waals surface area (Å²) in [4.78, 5) is 10.5. The molecule has 0 unspecified atom stereocenters. The lowest BCUT2D eigenvalue weighted by atomic mass is 10.1. The second kappa shape index (κ2) is 24.4. The van der Waals surface area contributed by atoms with Gasteiger partial charge in [-0.15, -0.1) is 0 Å². The molecule has 1 fully saturated rings. The first-order valence-electron chi connectivity index (χ1n) is 14.7. The summed E-state index contributed by atoms with van der Waals surface area (Å²) < 4.78 is 8.08. The monoisotopic (exact) mass is 1060 g/mol. The Labute approximate surface area is 342 Å². The van der Waals surface area contributed by atoms with Crippen molar-refractivity contribution in [2.75, 3.05) is 13.2 Å². The van der Waals surface area contributed by atoms with E-state index in [1.807, 2.05) is 65.1 Å². The van der Waals surface area contributed by atoms with Crippen molar-refractivity contribution < 1.29 is 30.0 Å². The van der Waals surface area contributed by atoms with Gasteiger partial charge in [0.15, 0.2) is 0 Å². The summed E-state index contributed by atoms with van der Waals surface area (Å²) in [5.74, 6) is -0.381. The summed E-state index contributed by atoms with van der Waals surface area (Å²) in [5.41, 5.74) is 3.19. The molecule has 1 heterocycles. The number of hydrogen-bond donors (Lipinski definition) is 4. The van der Waals surface area contributed by atoms with E-state index in [2.05, 4.69) is 51.2 Å². The zero-order valence-corrected chi connectivity index (χ0v) is 34.7. The van der Waals surface area contributed by atoms with E-state index >= 15 is 0 Å². The quantitative estimate of drug-likeness (QED) is 0.134. The fourth-order valence-corrected chi connectivity index (χ4v) is 5.94. The Kier molecular flexibility index (Phi) is 21.5. The van der Waals surface area contributed by atoms with Crippen molar-refractivity contribution in [2.24, 2.45) is 0 Å². The van der Waals surface area contributed by atoms with Gasteiger partial charge in [-0.3, -0.25) is 0 Å². The predicted molar refractivity (Wildman–Crippen MR) is 224 cm³/mol. The van der Waals surface area contributed by atoms with Gasteiger partial charge in [-0.05, 0) is 183 Å². The molecule has 0 saturated carbocycles. The van der Waals surface area contributed by atoms with E-state index in [1.165, 1.54) is 22.5 Å². The van der Waals surface area contributed by atoms with Crippen molar-refractivity contribution in [3.63, 3.8) is 0 Å². The molecular formula is C37H34Cl3I3O6. The third kappa shape index (κ3) is 18.3. The van der Waals surface area contributed by atoms with Gasteiger partial charge >= 0.3 is 5.97 Å². The first-order chi connectivity index (χ1) is 23.4. The van der Waals surface area contributed by atoms with Crippen LogP contribution in [0, 0.1) is 10.7 Å². The van der Waals surface area contributed by atoms with Gasteiger partial charge in [0.25, 0.3) is 0 Å². The molecule has 5 aromatic rings. The van der Waals surface area contributed by atoms with Crippen LogP contribution in [0.5, 0.6) is 11.5 Å². The van der Waals surface area contributed by atoms with Crippen LogP contribution >= 0.6 is 103 Å². The molecule has 6 nitrogen and oxygen atoms in total. The lowest BCUT2D eigenvalue weighted by Crippen LogP contribution is -1.97. The fourth-order valence-electron chi connectivity index (χ4n) is 3.78. The third-order valence-electron chi connectivity index (χ3n) is 6.26. The van der Waals surface area contributed by atoms with Crippen molar-refractivity contribution >= 4 is 109 Å². The first-order valence-corrected chi connectivity index (χ1v) is 19.0. The highest BCUT2D eigenvalue weighted by Gasteiger charge is 2.07. The highest BCUT2D eigenvalue weighted by atomic mass is 127. The minimum Gasteiger partial charge on any atom is -0.508 e. The van der Waals surface area contributed by atoms with E-state index in [0.29, 0.717) is 10.8 Å². The van der Waals surface area contributed by atoms with Crippen LogP contribution in [-0.4, -0.2) is 39.6 Å². The number of aromatic hydroxyl groups is 2. The Hall–Kier alpha value is -1.85. The van der Waals surface area contributed by atoms with Gasteiger partial charge in [0.1, 0.15) is 11.5 Å². The minimum absolute atomic E-state index is 0.00960. The molecule has 0 amide bonds. The first kappa shape index (κ1) is 43.3. The van der Waals surface area contributed by atoms with Gasteiger partial charge in [-0.2, -0.15) is 0 Å². The van der Waals surface area contributed by atoms with E-state index in [0.717, 1.165) is 48.5 Å². The molecule has 5 aromatic carbocycles. The maximum atomic E-state index is 10.5. The molecule has 6 rings (SSSR count). The molecule has 1 saturated heterocycles. The smallest absolute Gasteiger partial charge is 0.337 e. The van der Waals surface area contributed by atoms with Gasteiger partial charge in [-0.25, -0.2) is 4.79 Å². The number of carbonyl (C=O) groups is 1. The maximum Gasteiger partial charge on any atom is 0.337 e. The SMILES string of the molecule is C1CCOC1.O=C(O)c1cc(I)ccc1Cl.OCc1cc(I)ccc1Cl.Oc1ccc(Cc2cc(I)ccc2Cl)cc1.Oc1ccccc1. The number of phenolic OH excluding ortho intramolecular Hbond substituents is 2. The number of hydrogen-bond acceptors (Lipinski definition) is 5. The standard InChI is InChI=1S/C13H10ClIO.C7H4ClIO2.C7H6ClIO.C6H6O.C4H8O/c14-13-6-3-11(15)8-10(13)7-9-1-4-12(16)5-2-9;8-6-2-1-4(9)3-5(6)7(10)11;8-7-2-1-6(9)3-5(7)4-10;7-6-4-2-1-3-5-6;1-2-4-5-3-1/h1-6,8,16H,7H2;1-3H,(H,10,11);1-3,10H,4H2;1-5,7H;1-4H2. The van der Waals surface area contributed by atoms with Gasteiger partial charge in [0.2, 0.25) is 0 Å². The van der Waals surface area contributed by atoms with E-state index in [4.69, 9.17) is 54.9 Å². The Balaban J connectivity index is 0.000000224. The largest absolute Gasteiger partial charge is 0.508 e. The molecule has 0 radical (unpaired) electrons. The lowest BCUT2D eigenvalue weighted by molar-refractivity contribution is 0.0697. The summed E-state index contributed by atoms with van der Waals surface area (Å²) >= 11 is 23.9. The van der Waals surface area contributed by atoms with Crippen LogP contribution in [0.15, 0.2) is 109 Å². The molecule has 49 heavy (non-hydrogen) atoms. The van der Waals surface area contributed by atoms with Gasteiger partial charge < -0.3 is 25.2 Å². The zero-order chi connectivity index (χ0) is 36.2. The van der Waals surface area contributed by atoms with Gasteiger partial charge in [-0.1, -0.05) is 65.1 Å². The molecule has 260 valence electrons. The molecule has 1 aliphatic rings. The zero-order valence-electron chi connectivity index (χ0n) is 26.0. The summed E-state index contributed by atoms with van der Waals surface area (Å²) in [6.45, 7) is 2.01. The van der Waals surface area contributed by atoms with Crippen molar-refractivity contribution in [3.05, 3.63) is 157 Å². The number of para-hydroxylation sites is 1. The average Bonchev–Trinajstić information content (AvgIpc) is 3.68. The number of carboxylic acids is 1. The Morgan fingerprint density at radius 1 is 0.633 bits per heavy atom. The average molecular weight is 1060 g/mol.